The second-order valence-electron chi connectivity index (χ2n) is 5.56. The lowest BCUT2D eigenvalue weighted by Crippen LogP contribution is -2.19. The molecule has 0 spiro atoms. The molecular formula is C19H26N2O. The molecule has 0 aliphatic carbocycles. The van der Waals surface area contributed by atoms with Crippen molar-refractivity contribution in [3.05, 3.63) is 65.2 Å². The Labute approximate surface area is 133 Å². The zero-order valence-corrected chi connectivity index (χ0v) is 13.6. The SMILES string of the molecule is CNCCCNCc1ccc(OCc2cccc(C)c2)cc1. The summed E-state index contributed by atoms with van der Waals surface area (Å²) in [7, 11) is 1.98. The summed E-state index contributed by atoms with van der Waals surface area (Å²) < 4.78 is 5.83. The third-order valence-electron chi connectivity index (χ3n) is 3.52. The molecule has 0 aliphatic heterocycles. The van der Waals surface area contributed by atoms with Crippen LogP contribution in [0.25, 0.3) is 0 Å². The van der Waals surface area contributed by atoms with E-state index in [1.165, 1.54) is 16.7 Å². The zero-order chi connectivity index (χ0) is 15.6. The molecular weight excluding hydrogens is 272 g/mol. The Hall–Kier alpha value is -1.84. The van der Waals surface area contributed by atoms with Gasteiger partial charge in [-0.2, -0.15) is 0 Å². The molecule has 2 rings (SSSR count). The molecule has 118 valence electrons. The van der Waals surface area contributed by atoms with Gasteiger partial charge in [0, 0.05) is 6.54 Å². The van der Waals surface area contributed by atoms with Crippen LogP contribution in [0.15, 0.2) is 48.5 Å². The topological polar surface area (TPSA) is 33.3 Å². The molecule has 0 amide bonds. The summed E-state index contributed by atoms with van der Waals surface area (Å²) in [6.07, 6.45) is 1.15. The van der Waals surface area contributed by atoms with Gasteiger partial charge in [-0.15, -0.1) is 0 Å². The van der Waals surface area contributed by atoms with E-state index in [4.69, 9.17) is 4.74 Å². The summed E-state index contributed by atoms with van der Waals surface area (Å²) in [5, 5.41) is 6.59. The van der Waals surface area contributed by atoms with Crippen molar-refractivity contribution in [3.63, 3.8) is 0 Å². The Bertz CT molecular complexity index is 552. The lowest BCUT2D eigenvalue weighted by Gasteiger charge is -2.09. The molecule has 2 aromatic rings. The van der Waals surface area contributed by atoms with E-state index in [2.05, 4.69) is 54.0 Å². The van der Waals surface area contributed by atoms with Gasteiger partial charge in [-0.05, 0) is 56.7 Å². The maximum absolute atomic E-state index is 5.83. The van der Waals surface area contributed by atoms with Crippen LogP contribution in [-0.2, 0) is 13.2 Å². The molecule has 0 aliphatic rings. The van der Waals surface area contributed by atoms with Gasteiger partial charge in [0.2, 0.25) is 0 Å². The van der Waals surface area contributed by atoms with Crippen LogP contribution in [0.4, 0.5) is 0 Å². The van der Waals surface area contributed by atoms with Crippen LogP contribution in [0, 0.1) is 6.92 Å². The van der Waals surface area contributed by atoms with Crippen LogP contribution in [-0.4, -0.2) is 20.1 Å². The predicted octanol–water partition coefficient (Wildman–Crippen LogP) is 3.27. The maximum Gasteiger partial charge on any atom is 0.119 e. The molecule has 0 unspecified atom stereocenters. The molecule has 0 bridgehead atoms. The average molecular weight is 298 g/mol. The number of hydrogen-bond acceptors (Lipinski definition) is 3. The van der Waals surface area contributed by atoms with E-state index < -0.39 is 0 Å². The van der Waals surface area contributed by atoms with Gasteiger partial charge in [-0.1, -0.05) is 42.0 Å². The second-order valence-corrected chi connectivity index (χ2v) is 5.56. The fourth-order valence-electron chi connectivity index (χ4n) is 2.30. The van der Waals surface area contributed by atoms with Gasteiger partial charge in [0.15, 0.2) is 0 Å². The van der Waals surface area contributed by atoms with Crippen LogP contribution in [0.5, 0.6) is 5.75 Å². The van der Waals surface area contributed by atoms with Crippen LogP contribution in [0.1, 0.15) is 23.1 Å². The molecule has 0 heterocycles. The highest BCUT2D eigenvalue weighted by Crippen LogP contribution is 2.14. The van der Waals surface area contributed by atoms with E-state index in [1.54, 1.807) is 0 Å². The summed E-state index contributed by atoms with van der Waals surface area (Å²) in [5.74, 6) is 0.917. The van der Waals surface area contributed by atoms with Crippen LogP contribution < -0.4 is 15.4 Å². The Balaban J connectivity index is 1.74. The van der Waals surface area contributed by atoms with Crippen molar-refractivity contribution in [2.24, 2.45) is 0 Å². The summed E-state index contributed by atoms with van der Waals surface area (Å²) in [5.41, 5.74) is 3.75. The van der Waals surface area contributed by atoms with Crippen LogP contribution in [0.3, 0.4) is 0 Å². The molecule has 3 heteroatoms. The quantitative estimate of drug-likeness (QED) is 0.697. The van der Waals surface area contributed by atoms with Crippen molar-refractivity contribution in [3.8, 4) is 5.75 Å². The molecule has 0 fully saturated rings. The fraction of sp³-hybridized carbons (Fsp3) is 0.368. The molecule has 2 aromatic carbocycles. The predicted molar refractivity (Wildman–Crippen MR) is 92.2 cm³/mol. The Morgan fingerprint density at radius 3 is 2.50 bits per heavy atom. The summed E-state index contributed by atoms with van der Waals surface area (Å²) in [4.78, 5) is 0. The minimum atomic E-state index is 0.614. The van der Waals surface area contributed by atoms with E-state index in [9.17, 15) is 0 Å². The number of benzene rings is 2. The van der Waals surface area contributed by atoms with Gasteiger partial charge in [0.05, 0.1) is 0 Å². The number of hydrogen-bond donors (Lipinski definition) is 2. The zero-order valence-electron chi connectivity index (χ0n) is 13.6. The standard InChI is InChI=1S/C19H26N2O/c1-16-5-3-6-18(13-16)15-22-19-9-7-17(8-10-19)14-21-12-4-11-20-2/h3,5-10,13,20-21H,4,11-12,14-15H2,1-2H3. The van der Waals surface area contributed by atoms with Crippen molar-refractivity contribution in [2.75, 3.05) is 20.1 Å². The third kappa shape index (κ3) is 5.88. The highest BCUT2D eigenvalue weighted by molar-refractivity contribution is 5.28. The van der Waals surface area contributed by atoms with Gasteiger partial charge in [-0.3, -0.25) is 0 Å². The third-order valence-corrected chi connectivity index (χ3v) is 3.52. The Kier molecular flexibility index (Phi) is 6.94. The molecule has 0 saturated heterocycles. The molecule has 0 saturated carbocycles. The van der Waals surface area contributed by atoms with Gasteiger partial charge in [0.25, 0.3) is 0 Å². The van der Waals surface area contributed by atoms with Gasteiger partial charge in [-0.25, -0.2) is 0 Å². The van der Waals surface area contributed by atoms with Crippen LogP contribution in [0.2, 0.25) is 0 Å². The van der Waals surface area contributed by atoms with Crippen molar-refractivity contribution in [1.82, 2.24) is 10.6 Å². The van der Waals surface area contributed by atoms with Gasteiger partial charge >= 0.3 is 0 Å². The molecule has 0 radical (unpaired) electrons. The average Bonchev–Trinajstić information content (AvgIpc) is 2.54. The van der Waals surface area contributed by atoms with Crippen LogP contribution >= 0.6 is 0 Å². The first-order valence-electron chi connectivity index (χ1n) is 7.90. The van der Waals surface area contributed by atoms with E-state index in [0.717, 1.165) is 31.8 Å². The van der Waals surface area contributed by atoms with Gasteiger partial charge in [0.1, 0.15) is 12.4 Å². The Morgan fingerprint density at radius 2 is 1.77 bits per heavy atom. The van der Waals surface area contributed by atoms with E-state index in [0.29, 0.717) is 6.61 Å². The maximum atomic E-state index is 5.83. The molecule has 3 nitrogen and oxygen atoms in total. The summed E-state index contributed by atoms with van der Waals surface area (Å²) in [6, 6.07) is 16.7. The van der Waals surface area contributed by atoms with E-state index >= 15 is 0 Å². The monoisotopic (exact) mass is 298 g/mol. The number of ether oxygens (including phenoxy) is 1. The van der Waals surface area contributed by atoms with Crippen molar-refractivity contribution in [2.45, 2.75) is 26.5 Å². The van der Waals surface area contributed by atoms with Gasteiger partial charge < -0.3 is 15.4 Å². The van der Waals surface area contributed by atoms with E-state index in [1.807, 2.05) is 19.2 Å². The highest BCUT2D eigenvalue weighted by atomic mass is 16.5. The first-order valence-corrected chi connectivity index (χ1v) is 7.90. The minimum Gasteiger partial charge on any atom is -0.489 e. The first kappa shape index (κ1) is 16.5. The minimum absolute atomic E-state index is 0.614. The Morgan fingerprint density at radius 1 is 0.955 bits per heavy atom. The molecule has 22 heavy (non-hydrogen) atoms. The van der Waals surface area contributed by atoms with E-state index in [-0.39, 0.29) is 0 Å². The van der Waals surface area contributed by atoms with Crippen molar-refractivity contribution >= 4 is 0 Å². The smallest absolute Gasteiger partial charge is 0.119 e. The number of aryl methyl sites for hydroxylation is 1. The highest BCUT2D eigenvalue weighted by Gasteiger charge is 1.98. The lowest BCUT2D eigenvalue weighted by atomic mass is 10.1. The van der Waals surface area contributed by atoms with Crippen molar-refractivity contribution < 1.29 is 4.74 Å². The largest absolute Gasteiger partial charge is 0.489 e. The number of rotatable bonds is 9. The normalized spacial score (nSPS) is 10.6. The molecule has 0 atom stereocenters. The molecule has 2 N–H and O–H groups in total. The first-order chi connectivity index (χ1) is 10.8. The number of nitrogens with one attached hydrogen (secondary N) is 2. The summed E-state index contributed by atoms with van der Waals surface area (Å²) >= 11 is 0. The fourth-order valence-corrected chi connectivity index (χ4v) is 2.30. The summed E-state index contributed by atoms with van der Waals surface area (Å²) in [6.45, 7) is 5.71. The molecule has 0 aromatic heterocycles. The lowest BCUT2D eigenvalue weighted by molar-refractivity contribution is 0.306. The van der Waals surface area contributed by atoms with Crippen molar-refractivity contribution in [1.29, 1.82) is 0 Å². The second kappa shape index (κ2) is 9.23.